The van der Waals surface area contributed by atoms with E-state index in [1.165, 1.54) is 0 Å². The van der Waals surface area contributed by atoms with Gasteiger partial charge >= 0.3 is 0 Å². The highest BCUT2D eigenvalue weighted by Gasteiger charge is 2.28. The van der Waals surface area contributed by atoms with E-state index >= 15 is 0 Å². The summed E-state index contributed by atoms with van der Waals surface area (Å²) in [7, 11) is 0. The van der Waals surface area contributed by atoms with Crippen LogP contribution in [0.2, 0.25) is 0 Å². The van der Waals surface area contributed by atoms with Crippen LogP contribution in [0.15, 0.2) is 0 Å². The van der Waals surface area contributed by atoms with Crippen molar-refractivity contribution in [3.05, 3.63) is 11.6 Å². The predicted molar refractivity (Wildman–Crippen MR) is 58.8 cm³/mol. The molecule has 6 heteroatoms. The largest absolute Gasteiger partial charge is 0.334 e. The number of carbonyl (C=O) groups is 1. The van der Waals surface area contributed by atoms with E-state index in [2.05, 4.69) is 22.1 Å². The molecule has 16 heavy (non-hydrogen) atoms. The quantitative estimate of drug-likeness (QED) is 0.697. The summed E-state index contributed by atoms with van der Waals surface area (Å²) in [6, 6.07) is 0.0535. The van der Waals surface area contributed by atoms with Crippen LogP contribution >= 0.6 is 0 Å². The molecule has 0 spiro atoms. The Balaban J connectivity index is 2.06. The van der Waals surface area contributed by atoms with Crippen LogP contribution in [0.3, 0.4) is 0 Å². The average Bonchev–Trinajstić information content (AvgIpc) is 2.68. The van der Waals surface area contributed by atoms with Crippen molar-refractivity contribution < 1.29 is 4.79 Å². The summed E-state index contributed by atoms with van der Waals surface area (Å²) in [5, 5.41) is 6.54. The Hall–Kier alpha value is -1.43. The van der Waals surface area contributed by atoms with Gasteiger partial charge in [0.1, 0.15) is 5.82 Å². The third-order valence-corrected chi connectivity index (χ3v) is 3.09. The number of nitrogens with zero attached hydrogens (tertiary/aromatic N) is 3. The fourth-order valence-corrected chi connectivity index (χ4v) is 1.86. The molecule has 1 aliphatic heterocycles. The fraction of sp³-hybridized carbons (Fsp3) is 0.700. The Morgan fingerprint density at radius 2 is 2.38 bits per heavy atom. The number of likely N-dealkylation sites (tertiary alicyclic amines) is 1. The fourth-order valence-electron chi connectivity index (χ4n) is 1.86. The molecule has 2 atom stereocenters. The highest BCUT2D eigenvalue weighted by Crippen LogP contribution is 2.16. The Kier molecular flexibility index (Phi) is 2.91. The molecule has 2 rings (SSSR count). The zero-order valence-corrected chi connectivity index (χ0v) is 9.60. The number of nitrogens with two attached hydrogens (primary N) is 1. The number of nitrogens with one attached hydrogen (secondary N) is 1. The molecule has 1 aromatic rings. The summed E-state index contributed by atoms with van der Waals surface area (Å²) < 4.78 is 0. The molecule has 1 fully saturated rings. The smallest absolute Gasteiger partial charge is 0.293 e. The minimum Gasteiger partial charge on any atom is -0.334 e. The summed E-state index contributed by atoms with van der Waals surface area (Å²) in [5.74, 6) is 1.22. The Morgan fingerprint density at radius 1 is 1.62 bits per heavy atom. The molecule has 1 aromatic heterocycles. The molecular formula is C10H17N5O. The van der Waals surface area contributed by atoms with Crippen molar-refractivity contribution in [3.63, 3.8) is 0 Å². The summed E-state index contributed by atoms with van der Waals surface area (Å²) in [6.45, 7) is 5.21. The summed E-state index contributed by atoms with van der Waals surface area (Å²) >= 11 is 0. The molecular weight excluding hydrogens is 206 g/mol. The third kappa shape index (κ3) is 2.06. The van der Waals surface area contributed by atoms with Crippen LogP contribution in [0.4, 0.5) is 0 Å². The van der Waals surface area contributed by atoms with Crippen LogP contribution < -0.4 is 5.73 Å². The summed E-state index contributed by atoms with van der Waals surface area (Å²) in [6.07, 6.45) is 0.941. The maximum absolute atomic E-state index is 12.0. The second kappa shape index (κ2) is 4.21. The lowest BCUT2D eigenvalue weighted by molar-refractivity contribution is 0.0660. The minimum absolute atomic E-state index is 0.0535. The van der Waals surface area contributed by atoms with Crippen LogP contribution in [-0.4, -0.2) is 45.1 Å². The number of aryl methyl sites for hydroxylation is 1. The zero-order valence-electron chi connectivity index (χ0n) is 9.60. The molecule has 0 aromatic carbocycles. The van der Waals surface area contributed by atoms with Crippen LogP contribution in [0.25, 0.3) is 0 Å². The van der Waals surface area contributed by atoms with Gasteiger partial charge in [-0.05, 0) is 19.3 Å². The van der Waals surface area contributed by atoms with Crippen molar-refractivity contribution in [3.8, 4) is 0 Å². The summed E-state index contributed by atoms with van der Waals surface area (Å²) in [4.78, 5) is 17.8. The highest BCUT2D eigenvalue weighted by molar-refractivity contribution is 5.90. The Labute approximate surface area is 94.2 Å². The maximum Gasteiger partial charge on any atom is 0.293 e. The number of hydrogen-bond acceptors (Lipinski definition) is 4. The number of H-pyrrole nitrogens is 1. The van der Waals surface area contributed by atoms with Crippen LogP contribution in [-0.2, 0) is 0 Å². The molecule has 0 saturated carbocycles. The van der Waals surface area contributed by atoms with Gasteiger partial charge in [0, 0.05) is 19.1 Å². The highest BCUT2D eigenvalue weighted by atomic mass is 16.2. The number of rotatable bonds is 1. The topological polar surface area (TPSA) is 87.9 Å². The molecule has 0 bridgehead atoms. The maximum atomic E-state index is 12.0. The Morgan fingerprint density at radius 3 is 2.94 bits per heavy atom. The molecule has 0 aliphatic carbocycles. The van der Waals surface area contributed by atoms with Crippen LogP contribution in [0.5, 0.6) is 0 Å². The molecule has 1 aliphatic rings. The standard InChI is InChI=1S/C10H17N5O/c1-6-3-4-15(5-8(6)11)10(16)9-12-7(2)13-14-9/h6,8H,3-5,11H2,1-2H3,(H,12,13,14). The van der Waals surface area contributed by atoms with Gasteiger partial charge in [0.2, 0.25) is 5.82 Å². The first-order valence-corrected chi connectivity index (χ1v) is 5.52. The third-order valence-electron chi connectivity index (χ3n) is 3.09. The first kappa shape index (κ1) is 11.1. The lowest BCUT2D eigenvalue weighted by Crippen LogP contribution is -2.49. The molecule has 3 N–H and O–H groups in total. The number of aromatic nitrogens is 3. The number of piperidine rings is 1. The van der Waals surface area contributed by atoms with Crippen molar-refractivity contribution >= 4 is 5.91 Å². The van der Waals surface area contributed by atoms with Gasteiger partial charge in [-0.1, -0.05) is 6.92 Å². The van der Waals surface area contributed by atoms with Crippen LogP contribution in [0.1, 0.15) is 29.8 Å². The van der Waals surface area contributed by atoms with E-state index in [4.69, 9.17) is 5.73 Å². The number of hydrogen-bond donors (Lipinski definition) is 2. The zero-order chi connectivity index (χ0) is 11.7. The van der Waals surface area contributed by atoms with Crippen molar-refractivity contribution in [1.82, 2.24) is 20.1 Å². The average molecular weight is 223 g/mol. The van der Waals surface area contributed by atoms with E-state index < -0.39 is 0 Å². The van der Waals surface area contributed by atoms with Crippen LogP contribution in [0, 0.1) is 12.8 Å². The normalized spacial score (nSPS) is 25.8. The van der Waals surface area contributed by atoms with Crippen molar-refractivity contribution in [2.45, 2.75) is 26.3 Å². The molecule has 1 saturated heterocycles. The monoisotopic (exact) mass is 223 g/mol. The van der Waals surface area contributed by atoms with E-state index in [1.807, 2.05) is 0 Å². The van der Waals surface area contributed by atoms with Gasteiger partial charge < -0.3 is 10.6 Å². The van der Waals surface area contributed by atoms with E-state index in [0.29, 0.717) is 18.3 Å². The Bertz CT molecular complexity index is 388. The van der Waals surface area contributed by atoms with E-state index in [1.54, 1.807) is 11.8 Å². The second-order valence-corrected chi connectivity index (χ2v) is 4.43. The number of carbonyl (C=O) groups excluding carboxylic acids is 1. The first-order chi connectivity index (χ1) is 7.58. The first-order valence-electron chi connectivity index (χ1n) is 5.52. The lowest BCUT2D eigenvalue weighted by Gasteiger charge is -2.34. The van der Waals surface area contributed by atoms with Crippen molar-refractivity contribution in [2.24, 2.45) is 11.7 Å². The minimum atomic E-state index is -0.133. The lowest BCUT2D eigenvalue weighted by atomic mass is 9.94. The van der Waals surface area contributed by atoms with E-state index in [-0.39, 0.29) is 17.8 Å². The van der Waals surface area contributed by atoms with Crippen molar-refractivity contribution in [2.75, 3.05) is 13.1 Å². The number of amides is 1. The molecule has 88 valence electrons. The van der Waals surface area contributed by atoms with Gasteiger partial charge in [0.15, 0.2) is 0 Å². The molecule has 6 nitrogen and oxygen atoms in total. The number of aromatic amines is 1. The SMILES string of the molecule is Cc1nc(C(=O)N2CCC(C)C(N)C2)n[nH]1. The molecule has 1 amide bonds. The van der Waals surface area contributed by atoms with Gasteiger partial charge in [-0.3, -0.25) is 9.89 Å². The van der Waals surface area contributed by atoms with Gasteiger partial charge in [-0.25, -0.2) is 4.98 Å². The molecule has 2 heterocycles. The van der Waals surface area contributed by atoms with E-state index in [9.17, 15) is 4.79 Å². The second-order valence-electron chi connectivity index (χ2n) is 4.43. The van der Waals surface area contributed by atoms with Gasteiger partial charge in [0.25, 0.3) is 5.91 Å². The van der Waals surface area contributed by atoms with Gasteiger partial charge in [-0.2, -0.15) is 0 Å². The van der Waals surface area contributed by atoms with E-state index in [0.717, 1.165) is 13.0 Å². The van der Waals surface area contributed by atoms with Crippen molar-refractivity contribution in [1.29, 1.82) is 0 Å². The molecule has 0 radical (unpaired) electrons. The molecule has 2 unspecified atom stereocenters. The predicted octanol–water partition coefficient (Wildman–Crippen LogP) is -0.0776. The van der Waals surface area contributed by atoms with Gasteiger partial charge in [-0.15, -0.1) is 5.10 Å². The van der Waals surface area contributed by atoms with Gasteiger partial charge in [0.05, 0.1) is 0 Å². The summed E-state index contributed by atoms with van der Waals surface area (Å²) in [5.41, 5.74) is 5.95.